The molecule has 0 radical (unpaired) electrons. The fraction of sp³-hybridized carbons (Fsp3) is 0.200. The monoisotopic (exact) mass is 328 g/mol. The standard InChI is InChI=1S/C4H4N2S.CH3.Hg/c7-4-1-5-3-6-2-4;;/h1-3,7H;1H3;/q;;+1/p-1. The predicted molar refractivity (Wildman–Crippen MR) is 33.8 cm³/mol. The Bertz CT molecular complexity index is 168. The maximum atomic E-state index is 3.91. The Balaban J connectivity index is 2.61. The van der Waals surface area contributed by atoms with Crippen LogP contribution in [0.5, 0.6) is 0 Å². The summed E-state index contributed by atoms with van der Waals surface area (Å²) in [6.45, 7) is 0. The second-order valence-electron chi connectivity index (χ2n) is 1.51. The topological polar surface area (TPSA) is 25.8 Å². The molecular formula is C5H6HgN2S. The predicted octanol–water partition coefficient (Wildman–Crippen LogP) is 1.61. The summed E-state index contributed by atoms with van der Waals surface area (Å²) in [4.78, 5) is 9.05. The molecule has 0 atom stereocenters. The molecule has 0 aliphatic rings. The Morgan fingerprint density at radius 2 is 2.11 bits per heavy atom. The Labute approximate surface area is 69.0 Å². The molecule has 1 rings (SSSR count). The van der Waals surface area contributed by atoms with Crippen LogP contribution in [0, 0.1) is 0 Å². The molecule has 0 amide bonds. The van der Waals surface area contributed by atoms with E-state index in [9.17, 15) is 0 Å². The van der Waals surface area contributed by atoms with E-state index in [2.05, 4.69) is 14.4 Å². The number of rotatable bonds is 2. The van der Waals surface area contributed by atoms with E-state index in [0.717, 1.165) is 0 Å². The molecule has 0 N–H and O–H groups in total. The molecule has 0 unspecified atom stereocenters. The van der Waals surface area contributed by atoms with Crippen molar-refractivity contribution in [3.63, 3.8) is 0 Å². The molecule has 9 heavy (non-hydrogen) atoms. The van der Waals surface area contributed by atoms with Crippen LogP contribution in [0.4, 0.5) is 0 Å². The third kappa shape index (κ3) is 2.62. The first-order valence-corrected chi connectivity index (χ1v) is 16.0. The molecule has 4 heteroatoms. The van der Waals surface area contributed by atoms with Crippen LogP contribution in [-0.4, -0.2) is 9.97 Å². The zero-order valence-corrected chi connectivity index (χ0v) is 11.6. The van der Waals surface area contributed by atoms with Gasteiger partial charge in [-0.15, -0.1) is 0 Å². The molecule has 0 spiro atoms. The van der Waals surface area contributed by atoms with Gasteiger partial charge in [-0.25, -0.2) is 0 Å². The van der Waals surface area contributed by atoms with Gasteiger partial charge in [0.25, 0.3) is 0 Å². The van der Waals surface area contributed by atoms with Crippen LogP contribution in [0.25, 0.3) is 0 Å². The van der Waals surface area contributed by atoms with Crippen molar-refractivity contribution < 1.29 is 23.1 Å². The fourth-order valence-electron chi connectivity index (χ4n) is 0.527. The first-order chi connectivity index (χ1) is 4.43. The van der Waals surface area contributed by atoms with Crippen molar-refractivity contribution in [2.45, 2.75) is 9.33 Å². The van der Waals surface area contributed by atoms with Gasteiger partial charge in [-0.1, -0.05) is 0 Å². The second-order valence-corrected chi connectivity index (χ2v) is 12.9. The molecule has 0 aliphatic heterocycles. The summed E-state index contributed by atoms with van der Waals surface area (Å²) in [7, 11) is 1.97. The van der Waals surface area contributed by atoms with E-state index < -0.39 is 23.1 Å². The summed E-state index contributed by atoms with van der Waals surface area (Å²) in [6.07, 6.45) is 5.32. The summed E-state index contributed by atoms with van der Waals surface area (Å²) >= 11 is -0.562. The number of hydrogen-bond donors (Lipinski definition) is 0. The van der Waals surface area contributed by atoms with Gasteiger partial charge in [0, 0.05) is 0 Å². The van der Waals surface area contributed by atoms with E-state index in [1.54, 1.807) is 6.33 Å². The normalized spacial score (nSPS) is 8.56. The van der Waals surface area contributed by atoms with Crippen molar-refractivity contribution in [3.8, 4) is 0 Å². The van der Waals surface area contributed by atoms with Gasteiger partial charge in [-0.3, -0.25) is 0 Å². The third-order valence-electron chi connectivity index (χ3n) is 0.848. The maximum absolute atomic E-state index is 3.91. The van der Waals surface area contributed by atoms with Gasteiger partial charge in [0.05, 0.1) is 0 Å². The van der Waals surface area contributed by atoms with Crippen molar-refractivity contribution in [1.29, 1.82) is 0 Å². The zero-order chi connectivity index (χ0) is 6.53. The molecule has 1 aromatic heterocycles. The van der Waals surface area contributed by atoms with E-state index in [-0.39, 0.29) is 0 Å². The third-order valence-corrected chi connectivity index (χ3v) is 8.93. The molecule has 0 fully saturated rings. The van der Waals surface area contributed by atoms with Crippen LogP contribution in [0.3, 0.4) is 0 Å². The van der Waals surface area contributed by atoms with E-state index >= 15 is 0 Å². The average Bonchev–Trinajstić information content (AvgIpc) is 1.91. The average molecular weight is 327 g/mol. The van der Waals surface area contributed by atoms with Crippen LogP contribution >= 0.6 is 8.24 Å². The van der Waals surface area contributed by atoms with E-state index in [0.29, 0.717) is 0 Å². The summed E-state index contributed by atoms with van der Waals surface area (Å²) in [6, 6.07) is 0. The van der Waals surface area contributed by atoms with Gasteiger partial charge >= 0.3 is 69.3 Å². The number of nitrogens with zero attached hydrogens (tertiary/aromatic N) is 2. The van der Waals surface area contributed by atoms with E-state index in [4.69, 9.17) is 0 Å². The minimum absolute atomic E-state index is 0.562. The van der Waals surface area contributed by atoms with E-state index in [1.807, 2.05) is 20.6 Å². The van der Waals surface area contributed by atoms with E-state index in [1.165, 1.54) is 4.90 Å². The Morgan fingerprint density at radius 1 is 1.44 bits per heavy atom. The van der Waals surface area contributed by atoms with Gasteiger partial charge in [0.15, 0.2) is 0 Å². The van der Waals surface area contributed by atoms with Gasteiger partial charge < -0.3 is 0 Å². The summed E-state index contributed by atoms with van der Waals surface area (Å²) in [5, 5.41) is 0. The molecule has 1 aromatic rings. The van der Waals surface area contributed by atoms with Crippen LogP contribution < -0.4 is 0 Å². The van der Waals surface area contributed by atoms with Crippen molar-refractivity contribution in [3.05, 3.63) is 18.7 Å². The Kier molecular flexibility index (Phi) is 3.51. The quantitative estimate of drug-likeness (QED) is 0.772. The molecule has 0 saturated carbocycles. The molecule has 0 aromatic carbocycles. The minimum atomic E-state index is -0.562. The molecule has 1 heterocycles. The first kappa shape index (κ1) is 7.47. The fourth-order valence-corrected chi connectivity index (χ4v) is 6.76. The molecular weight excluding hydrogens is 321 g/mol. The van der Waals surface area contributed by atoms with Crippen LogP contribution in [0.15, 0.2) is 23.6 Å². The van der Waals surface area contributed by atoms with Gasteiger partial charge in [0.1, 0.15) is 0 Å². The van der Waals surface area contributed by atoms with Crippen molar-refractivity contribution in [2.24, 2.45) is 0 Å². The SMILES string of the molecule is [CH3][Hg][S]c1cncnc1. The molecule has 0 aliphatic carbocycles. The van der Waals surface area contributed by atoms with Crippen LogP contribution in [-0.2, 0) is 23.1 Å². The zero-order valence-electron chi connectivity index (χ0n) is 5.24. The molecule has 0 bridgehead atoms. The van der Waals surface area contributed by atoms with Crippen LogP contribution in [0.2, 0.25) is 4.43 Å². The molecule has 2 nitrogen and oxygen atoms in total. The van der Waals surface area contributed by atoms with Crippen molar-refractivity contribution in [1.82, 2.24) is 9.97 Å². The van der Waals surface area contributed by atoms with Gasteiger partial charge in [-0.05, 0) is 0 Å². The first-order valence-electron chi connectivity index (χ1n) is 2.81. The Morgan fingerprint density at radius 3 is 2.67 bits per heavy atom. The van der Waals surface area contributed by atoms with Gasteiger partial charge in [-0.2, -0.15) is 0 Å². The number of aromatic nitrogens is 2. The summed E-state index contributed by atoms with van der Waals surface area (Å²) in [5.41, 5.74) is 0. The number of hydrogen-bond acceptors (Lipinski definition) is 3. The molecule has 44 valence electrons. The van der Waals surface area contributed by atoms with Gasteiger partial charge in [0.2, 0.25) is 0 Å². The summed E-state index contributed by atoms with van der Waals surface area (Å²) < 4.78 is 2.33. The van der Waals surface area contributed by atoms with Crippen molar-refractivity contribution in [2.75, 3.05) is 0 Å². The molecule has 0 saturated heterocycles. The second kappa shape index (κ2) is 4.22. The summed E-state index contributed by atoms with van der Waals surface area (Å²) in [5.74, 6) is 0. The van der Waals surface area contributed by atoms with Crippen LogP contribution in [0.1, 0.15) is 0 Å². The van der Waals surface area contributed by atoms with Crippen molar-refractivity contribution >= 4 is 8.24 Å². The Hall–Kier alpha value is 0.365.